The highest BCUT2D eigenvalue weighted by atomic mass is 16.4. The normalized spacial score (nSPS) is 15.9. The van der Waals surface area contributed by atoms with Gasteiger partial charge in [-0.25, -0.2) is 4.79 Å². The Balaban J connectivity index is 2.38. The van der Waals surface area contributed by atoms with Crippen LogP contribution in [0.1, 0.15) is 12.5 Å². The first-order valence-electron chi connectivity index (χ1n) is 4.95. The van der Waals surface area contributed by atoms with E-state index in [2.05, 4.69) is 0 Å². The Morgan fingerprint density at radius 1 is 1.47 bits per heavy atom. The van der Waals surface area contributed by atoms with Gasteiger partial charge in [0.05, 0.1) is 0 Å². The molecule has 3 nitrogen and oxygen atoms in total. The van der Waals surface area contributed by atoms with E-state index in [0.29, 0.717) is 6.54 Å². The molecule has 2 rings (SSSR count). The van der Waals surface area contributed by atoms with Gasteiger partial charge in [0.2, 0.25) is 0 Å². The maximum absolute atomic E-state index is 10.9. The standard InChI is InChI=1S/C12H13NO2/c1-9(12(14)15)13-8-4-6-10-5-2-3-7-11(10)13/h2-7,9H,8H2,1H3,(H,14,15). The molecule has 1 heterocycles. The molecule has 0 aromatic heterocycles. The first-order chi connectivity index (χ1) is 7.20. The summed E-state index contributed by atoms with van der Waals surface area (Å²) in [6, 6.07) is 7.35. The first-order valence-corrected chi connectivity index (χ1v) is 4.95. The average molecular weight is 203 g/mol. The lowest BCUT2D eigenvalue weighted by atomic mass is 10.1. The predicted octanol–water partition coefficient (Wildman–Crippen LogP) is 1.99. The summed E-state index contributed by atoms with van der Waals surface area (Å²) in [5, 5.41) is 8.99. The first kappa shape index (κ1) is 9.77. The molecule has 1 N–H and O–H groups in total. The molecule has 0 bridgehead atoms. The summed E-state index contributed by atoms with van der Waals surface area (Å²) in [5.41, 5.74) is 2.08. The van der Waals surface area contributed by atoms with E-state index in [9.17, 15) is 4.79 Å². The monoisotopic (exact) mass is 203 g/mol. The molecule has 0 saturated heterocycles. The number of benzene rings is 1. The van der Waals surface area contributed by atoms with Gasteiger partial charge in [0, 0.05) is 12.2 Å². The van der Waals surface area contributed by atoms with Crippen molar-refractivity contribution in [1.82, 2.24) is 0 Å². The average Bonchev–Trinajstić information content (AvgIpc) is 2.27. The molecule has 1 unspecified atom stereocenters. The molecule has 3 heteroatoms. The van der Waals surface area contributed by atoms with Gasteiger partial charge in [-0.2, -0.15) is 0 Å². The number of hydrogen-bond acceptors (Lipinski definition) is 2. The van der Waals surface area contributed by atoms with Crippen molar-refractivity contribution in [1.29, 1.82) is 0 Å². The van der Waals surface area contributed by atoms with Gasteiger partial charge in [0.25, 0.3) is 0 Å². The van der Waals surface area contributed by atoms with Crippen molar-refractivity contribution < 1.29 is 9.90 Å². The maximum Gasteiger partial charge on any atom is 0.326 e. The second kappa shape index (κ2) is 3.77. The second-order valence-corrected chi connectivity index (χ2v) is 3.63. The summed E-state index contributed by atoms with van der Waals surface area (Å²) in [7, 11) is 0. The minimum absolute atomic E-state index is 0.490. The van der Waals surface area contributed by atoms with Gasteiger partial charge in [-0.05, 0) is 18.6 Å². The molecule has 0 fully saturated rings. The summed E-state index contributed by atoms with van der Waals surface area (Å²) in [6.45, 7) is 2.36. The van der Waals surface area contributed by atoms with Gasteiger partial charge in [0.15, 0.2) is 0 Å². The molecule has 0 amide bonds. The number of aliphatic carboxylic acids is 1. The largest absolute Gasteiger partial charge is 0.480 e. The molecule has 0 aliphatic carbocycles. The number of carboxylic acids is 1. The van der Waals surface area contributed by atoms with E-state index in [4.69, 9.17) is 5.11 Å². The maximum atomic E-state index is 10.9. The lowest BCUT2D eigenvalue weighted by Crippen LogP contribution is -2.40. The molecule has 15 heavy (non-hydrogen) atoms. The van der Waals surface area contributed by atoms with Gasteiger partial charge < -0.3 is 10.0 Å². The fourth-order valence-corrected chi connectivity index (χ4v) is 1.78. The van der Waals surface area contributed by atoms with E-state index < -0.39 is 12.0 Å². The number of para-hydroxylation sites is 1. The topological polar surface area (TPSA) is 40.5 Å². The molecular formula is C12H13NO2. The summed E-state index contributed by atoms with van der Waals surface area (Å²) in [4.78, 5) is 12.8. The summed E-state index contributed by atoms with van der Waals surface area (Å²) in [6.07, 6.45) is 4.02. The number of carbonyl (C=O) groups is 1. The van der Waals surface area contributed by atoms with Crippen LogP contribution in [-0.2, 0) is 4.79 Å². The Morgan fingerprint density at radius 3 is 2.93 bits per heavy atom. The number of hydrogen-bond donors (Lipinski definition) is 1. The van der Waals surface area contributed by atoms with Crippen LogP contribution in [0.5, 0.6) is 0 Å². The Kier molecular flexibility index (Phi) is 2.46. The second-order valence-electron chi connectivity index (χ2n) is 3.63. The highest BCUT2D eigenvalue weighted by Crippen LogP contribution is 2.26. The third kappa shape index (κ3) is 1.73. The van der Waals surface area contributed by atoms with Gasteiger partial charge in [-0.15, -0.1) is 0 Å². The van der Waals surface area contributed by atoms with Gasteiger partial charge in [-0.1, -0.05) is 30.4 Å². The van der Waals surface area contributed by atoms with Crippen LogP contribution in [0.4, 0.5) is 5.69 Å². The predicted molar refractivity (Wildman–Crippen MR) is 59.9 cm³/mol. The van der Waals surface area contributed by atoms with Crippen molar-refractivity contribution in [2.45, 2.75) is 13.0 Å². The fraction of sp³-hybridized carbons (Fsp3) is 0.250. The van der Waals surface area contributed by atoms with E-state index in [1.165, 1.54) is 0 Å². The zero-order chi connectivity index (χ0) is 10.8. The van der Waals surface area contributed by atoms with Crippen molar-refractivity contribution in [2.24, 2.45) is 0 Å². The minimum Gasteiger partial charge on any atom is -0.480 e. The molecular weight excluding hydrogens is 190 g/mol. The Morgan fingerprint density at radius 2 is 2.20 bits per heavy atom. The number of nitrogens with zero attached hydrogens (tertiary/aromatic N) is 1. The number of anilines is 1. The molecule has 0 saturated carbocycles. The van der Waals surface area contributed by atoms with Crippen molar-refractivity contribution in [3.05, 3.63) is 35.9 Å². The lowest BCUT2D eigenvalue weighted by Gasteiger charge is -2.31. The smallest absolute Gasteiger partial charge is 0.326 e. The highest BCUT2D eigenvalue weighted by Gasteiger charge is 2.22. The molecule has 0 spiro atoms. The molecule has 0 radical (unpaired) electrons. The van der Waals surface area contributed by atoms with Gasteiger partial charge >= 0.3 is 5.97 Å². The van der Waals surface area contributed by atoms with Crippen LogP contribution in [0.2, 0.25) is 0 Å². The summed E-state index contributed by atoms with van der Waals surface area (Å²) in [5.74, 6) is -0.792. The van der Waals surface area contributed by atoms with Crippen LogP contribution in [0.15, 0.2) is 30.3 Å². The van der Waals surface area contributed by atoms with Crippen LogP contribution in [0.25, 0.3) is 6.08 Å². The number of fused-ring (bicyclic) bond motifs is 1. The zero-order valence-electron chi connectivity index (χ0n) is 8.55. The van der Waals surface area contributed by atoms with Crippen LogP contribution in [0, 0.1) is 0 Å². The third-order valence-electron chi connectivity index (χ3n) is 2.67. The molecule has 1 aliphatic heterocycles. The Hall–Kier alpha value is -1.77. The van der Waals surface area contributed by atoms with Crippen LogP contribution >= 0.6 is 0 Å². The van der Waals surface area contributed by atoms with E-state index >= 15 is 0 Å². The third-order valence-corrected chi connectivity index (χ3v) is 2.67. The molecule has 1 aromatic carbocycles. The van der Waals surface area contributed by atoms with Gasteiger partial charge in [0.1, 0.15) is 6.04 Å². The minimum atomic E-state index is -0.792. The van der Waals surface area contributed by atoms with Crippen molar-refractivity contribution in [2.75, 3.05) is 11.4 Å². The quantitative estimate of drug-likeness (QED) is 0.799. The van der Waals surface area contributed by atoms with Crippen LogP contribution < -0.4 is 4.90 Å². The van der Waals surface area contributed by atoms with Crippen LogP contribution in [-0.4, -0.2) is 23.7 Å². The van der Waals surface area contributed by atoms with Crippen molar-refractivity contribution in [3.8, 4) is 0 Å². The van der Waals surface area contributed by atoms with Crippen LogP contribution in [0.3, 0.4) is 0 Å². The molecule has 1 atom stereocenters. The van der Waals surface area contributed by atoms with Crippen molar-refractivity contribution in [3.63, 3.8) is 0 Å². The Labute approximate surface area is 88.6 Å². The number of carboxylic acid groups (broad SMARTS) is 1. The lowest BCUT2D eigenvalue weighted by molar-refractivity contribution is -0.138. The number of rotatable bonds is 2. The zero-order valence-corrected chi connectivity index (χ0v) is 8.55. The van der Waals surface area contributed by atoms with Gasteiger partial charge in [-0.3, -0.25) is 0 Å². The summed E-state index contributed by atoms with van der Waals surface area (Å²) >= 11 is 0. The van der Waals surface area contributed by atoms with E-state index in [1.54, 1.807) is 6.92 Å². The van der Waals surface area contributed by atoms with E-state index in [-0.39, 0.29) is 0 Å². The molecule has 1 aliphatic rings. The molecule has 78 valence electrons. The van der Waals surface area contributed by atoms with E-state index in [0.717, 1.165) is 11.3 Å². The Bertz CT molecular complexity index is 412. The molecule has 1 aromatic rings. The van der Waals surface area contributed by atoms with E-state index in [1.807, 2.05) is 41.3 Å². The SMILES string of the molecule is CC(C(=O)O)N1CC=Cc2ccccc21. The van der Waals surface area contributed by atoms with Crippen molar-refractivity contribution >= 4 is 17.7 Å². The highest BCUT2D eigenvalue weighted by molar-refractivity contribution is 5.81. The fourth-order valence-electron chi connectivity index (χ4n) is 1.78. The summed E-state index contributed by atoms with van der Waals surface area (Å²) < 4.78 is 0.